The summed E-state index contributed by atoms with van der Waals surface area (Å²) in [6, 6.07) is 13.9. The number of methoxy groups -OCH3 is 1. The van der Waals surface area contributed by atoms with Crippen molar-refractivity contribution in [2.75, 3.05) is 33.4 Å². The first-order valence-electron chi connectivity index (χ1n) is 8.11. The molecule has 0 radical (unpaired) electrons. The Morgan fingerprint density at radius 1 is 1.15 bits per heavy atom. The van der Waals surface area contributed by atoms with Crippen molar-refractivity contribution in [3.05, 3.63) is 64.2 Å². The third-order valence-electron chi connectivity index (χ3n) is 3.46. The van der Waals surface area contributed by atoms with Crippen molar-refractivity contribution in [3.8, 4) is 0 Å². The highest BCUT2D eigenvalue weighted by Gasteiger charge is 2.17. The third kappa shape index (κ3) is 6.14. The summed E-state index contributed by atoms with van der Waals surface area (Å²) in [5.41, 5.74) is 0.190. The Morgan fingerprint density at radius 2 is 1.92 bits per heavy atom. The number of nitrogens with zero attached hydrogens (tertiary/aromatic N) is 1. The zero-order valence-electron chi connectivity index (χ0n) is 14.4. The molecule has 0 heterocycles. The maximum absolute atomic E-state index is 12.5. The number of ether oxygens (including phenoxy) is 1. The van der Waals surface area contributed by atoms with E-state index in [2.05, 4.69) is 10.6 Å². The highest BCUT2D eigenvalue weighted by atomic mass is 32.2. The van der Waals surface area contributed by atoms with Crippen molar-refractivity contribution < 1.29 is 14.5 Å². The van der Waals surface area contributed by atoms with Gasteiger partial charge in [0.25, 0.3) is 11.6 Å². The monoisotopic (exact) mass is 375 g/mol. The van der Waals surface area contributed by atoms with Crippen LogP contribution in [0.25, 0.3) is 0 Å². The van der Waals surface area contributed by atoms with Crippen molar-refractivity contribution in [1.29, 1.82) is 0 Å². The smallest absolute Gasteiger partial charge is 0.270 e. The van der Waals surface area contributed by atoms with Gasteiger partial charge >= 0.3 is 0 Å². The fourth-order valence-corrected chi connectivity index (χ4v) is 3.12. The molecule has 0 aliphatic carbocycles. The van der Waals surface area contributed by atoms with E-state index in [0.29, 0.717) is 36.7 Å². The van der Waals surface area contributed by atoms with Gasteiger partial charge in [0.15, 0.2) is 0 Å². The number of nitro groups is 1. The van der Waals surface area contributed by atoms with Crippen LogP contribution in [0.15, 0.2) is 58.3 Å². The zero-order valence-corrected chi connectivity index (χ0v) is 15.3. The van der Waals surface area contributed by atoms with Gasteiger partial charge in [-0.15, -0.1) is 0 Å². The molecule has 0 aliphatic rings. The number of carbonyl (C=O) groups is 1. The van der Waals surface area contributed by atoms with Crippen LogP contribution in [0.1, 0.15) is 10.4 Å². The summed E-state index contributed by atoms with van der Waals surface area (Å²) < 4.78 is 4.93. The summed E-state index contributed by atoms with van der Waals surface area (Å²) in [6.45, 7) is 2.29. The molecule has 0 saturated carbocycles. The standard InChI is InChI=1S/C18H21N3O4S/c1-25-12-11-19-9-10-20-18(22)16-13-14(21(23)24)7-8-17(16)26-15-5-3-2-4-6-15/h2-8,13,19H,9-12H2,1H3,(H,20,22). The molecule has 8 heteroatoms. The van der Waals surface area contributed by atoms with Gasteiger partial charge in [-0.05, 0) is 18.2 Å². The van der Waals surface area contributed by atoms with Gasteiger partial charge in [-0.2, -0.15) is 0 Å². The van der Waals surface area contributed by atoms with E-state index in [4.69, 9.17) is 4.74 Å². The number of hydrogen-bond donors (Lipinski definition) is 2. The molecule has 2 aromatic carbocycles. The molecule has 26 heavy (non-hydrogen) atoms. The molecule has 0 unspecified atom stereocenters. The molecule has 2 rings (SSSR count). The molecule has 0 bridgehead atoms. The van der Waals surface area contributed by atoms with Gasteiger partial charge in [0.2, 0.25) is 0 Å². The molecule has 0 fully saturated rings. The first-order chi connectivity index (χ1) is 12.6. The normalized spacial score (nSPS) is 10.5. The van der Waals surface area contributed by atoms with Crippen LogP contribution >= 0.6 is 11.8 Å². The van der Waals surface area contributed by atoms with Crippen molar-refractivity contribution in [2.45, 2.75) is 9.79 Å². The van der Waals surface area contributed by atoms with E-state index in [9.17, 15) is 14.9 Å². The van der Waals surface area contributed by atoms with E-state index in [0.717, 1.165) is 4.90 Å². The number of benzene rings is 2. The van der Waals surface area contributed by atoms with E-state index < -0.39 is 4.92 Å². The predicted molar refractivity (Wildman–Crippen MR) is 101 cm³/mol. The van der Waals surface area contributed by atoms with Gasteiger partial charge in [-0.3, -0.25) is 14.9 Å². The lowest BCUT2D eigenvalue weighted by molar-refractivity contribution is -0.384. The molecule has 2 N–H and O–H groups in total. The Morgan fingerprint density at radius 3 is 2.62 bits per heavy atom. The number of nitro benzene ring substituents is 1. The minimum atomic E-state index is -0.500. The topological polar surface area (TPSA) is 93.5 Å². The molecule has 0 aliphatic heterocycles. The highest BCUT2D eigenvalue weighted by molar-refractivity contribution is 7.99. The van der Waals surface area contributed by atoms with Crippen LogP contribution in [0.3, 0.4) is 0 Å². The Balaban J connectivity index is 2.08. The van der Waals surface area contributed by atoms with E-state index in [1.807, 2.05) is 30.3 Å². The van der Waals surface area contributed by atoms with Crippen molar-refractivity contribution >= 4 is 23.4 Å². The lowest BCUT2D eigenvalue weighted by Crippen LogP contribution is -2.33. The molecular formula is C18H21N3O4S. The zero-order chi connectivity index (χ0) is 18.8. The SMILES string of the molecule is COCCNCCNC(=O)c1cc([N+](=O)[O-])ccc1Sc1ccccc1. The summed E-state index contributed by atoms with van der Waals surface area (Å²) in [6.07, 6.45) is 0. The largest absolute Gasteiger partial charge is 0.383 e. The van der Waals surface area contributed by atoms with E-state index in [-0.39, 0.29) is 11.6 Å². The van der Waals surface area contributed by atoms with Crippen molar-refractivity contribution in [2.24, 2.45) is 0 Å². The molecule has 7 nitrogen and oxygen atoms in total. The molecule has 0 aromatic heterocycles. The van der Waals surface area contributed by atoms with Gasteiger partial charge < -0.3 is 15.4 Å². The maximum Gasteiger partial charge on any atom is 0.270 e. The molecule has 0 saturated heterocycles. The van der Waals surface area contributed by atoms with Crippen LogP contribution < -0.4 is 10.6 Å². The van der Waals surface area contributed by atoms with Crippen LogP contribution in [0, 0.1) is 10.1 Å². The summed E-state index contributed by atoms with van der Waals surface area (Å²) >= 11 is 1.40. The van der Waals surface area contributed by atoms with Crippen LogP contribution in [0.5, 0.6) is 0 Å². The average Bonchev–Trinajstić information content (AvgIpc) is 2.65. The Kier molecular flexibility index (Phi) is 8.07. The summed E-state index contributed by atoms with van der Waals surface area (Å²) in [7, 11) is 1.62. The summed E-state index contributed by atoms with van der Waals surface area (Å²) in [4.78, 5) is 24.7. The molecule has 2 aromatic rings. The van der Waals surface area contributed by atoms with Gasteiger partial charge in [0.1, 0.15) is 0 Å². The third-order valence-corrected chi connectivity index (χ3v) is 4.54. The average molecular weight is 375 g/mol. The van der Waals surface area contributed by atoms with Crippen LogP contribution in [-0.4, -0.2) is 44.2 Å². The van der Waals surface area contributed by atoms with Crippen LogP contribution in [0.4, 0.5) is 5.69 Å². The molecular weight excluding hydrogens is 354 g/mol. The first kappa shape index (κ1) is 19.9. The lowest BCUT2D eigenvalue weighted by atomic mass is 10.2. The van der Waals surface area contributed by atoms with Gasteiger partial charge in [-0.1, -0.05) is 30.0 Å². The lowest BCUT2D eigenvalue weighted by Gasteiger charge is -2.10. The van der Waals surface area contributed by atoms with E-state index >= 15 is 0 Å². The summed E-state index contributed by atoms with van der Waals surface area (Å²) in [5.74, 6) is -0.333. The van der Waals surface area contributed by atoms with Crippen molar-refractivity contribution in [1.82, 2.24) is 10.6 Å². The molecule has 138 valence electrons. The number of carbonyl (C=O) groups excluding carboxylic acids is 1. The minimum Gasteiger partial charge on any atom is -0.383 e. The second-order valence-corrected chi connectivity index (χ2v) is 6.47. The molecule has 0 atom stereocenters. The number of amides is 1. The fourth-order valence-electron chi connectivity index (χ4n) is 2.17. The Labute approximate surface area is 156 Å². The minimum absolute atomic E-state index is 0.106. The second kappa shape index (κ2) is 10.5. The van der Waals surface area contributed by atoms with Crippen LogP contribution in [-0.2, 0) is 4.74 Å². The van der Waals surface area contributed by atoms with E-state index in [1.54, 1.807) is 13.2 Å². The molecule has 1 amide bonds. The van der Waals surface area contributed by atoms with Crippen molar-refractivity contribution in [3.63, 3.8) is 0 Å². The van der Waals surface area contributed by atoms with Gasteiger partial charge in [-0.25, -0.2) is 0 Å². The fraction of sp³-hybridized carbons (Fsp3) is 0.278. The predicted octanol–water partition coefficient (Wildman–Crippen LogP) is 2.71. The second-order valence-electron chi connectivity index (χ2n) is 5.35. The highest BCUT2D eigenvalue weighted by Crippen LogP contribution is 2.32. The van der Waals surface area contributed by atoms with E-state index in [1.165, 1.54) is 23.9 Å². The summed E-state index contributed by atoms with van der Waals surface area (Å²) in [5, 5.41) is 17.0. The first-order valence-corrected chi connectivity index (χ1v) is 8.92. The van der Waals surface area contributed by atoms with Gasteiger partial charge in [0.05, 0.1) is 17.1 Å². The quantitative estimate of drug-likeness (QED) is 0.377. The molecule has 0 spiro atoms. The van der Waals surface area contributed by atoms with Crippen LogP contribution in [0.2, 0.25) is 0 Å². The Bertz CT molecular complexity index is 740. The number of rotatable bonds is 10. The maximum atomic E-state index is 12.5. The Hall–Kier alpha value is -2.42. The van der Waals surface area contributed by atoms with Gasteiger partial charge in [0, 0.05) is 48.7 Å². The number of non-ortho nitro benzene ring substituents is 1. The number of hydrogen-bond acceptors (Lipinski definition) is 6. The number of nitrogens with one attached hydrogen (secondary N) is 2.